The molecule has 4 nitrogen and oxygen atoms in total. The first-order valence-corrected chi connectivity index (χ1v) is 9.70. The summed E-state index contributed by atoms with van der Waals surface area (Å²) in [6.45, 7) is 5.51. The summed E-state index contributed by atoms with van der Waals surface area (Å²) in [5.74, 6) is -0.0585. The third-order valence-electron chi connectivity index (χ3n) is 4.78. The van der Waals surface area contributed by atoms with Crippen LogP contribution in [0.5, 0.6) is 0 Å². The Morgan fingerprint density at radius 2 is 2.00 bits per heavy atom. The molecule has 2 heterocycles. The molecule has 2 aromatic rings. The number of nitrogens with zero attached hydrogens (tertiary/aromatic N) is 2. The van der Waals surface area contributed by atoms with Gasteiger partial charge in [0.05, 0.1) is 10.9 Å². The fourth-order valence-corrected chi connectivity index (χ4v) is 3.97. The summed E-state index contributed by atoms with van der Waals surface area (Å²) < 4.78 is 13.2. The first-order chi connectivity index (χ1) is 12.5. The Morgan fingerprint density at radius 1 is 1.27 bits per heavy atom. The molecule has 0 radical (unpaired) electrons. The van der Waals surface area contributed by atoms with Gasteiger partial charge in [0.2, 0.25) is 5.91 Å². The summed E-state index contributed by atoms with van der Waals surface area (Å²) >= 11 is 1.42. The average molecular weight is 374 g/mol. The third kappa shape index (κ3) is 4.12. The highest BCUT2D eigenvalue weighted by Crippen LogP contribution is 2.23. The molecule has 0 unspecified atom stereocenters. The van der Waals surface area contributed by atoms with Crippen molar-refractivity contribution in [2.75, 3.05) is 13.1 Å². The number of hydrogen-bond donors (Lipinski definition) is 0. The molecular weight excluding hydrogens is 351 g/mol. The molecule has 26 heavy (non-hydrogen) atoms. The molecule has 1 aromatic carbocycles. The van der Waals surface area contributed by atoms with Gasteiger partial charge < -0.3 is 9.80 Å². The molecule has 1 aromatic heterocycles. The Balaban J connectivity index is 1.81. The monoisotopic (exact) mass is 374 g/mol. The van der Waals surface area contributed by atoms with E-state index in [0.717, 1.165) is 5.56 Å². The van der Waals surface area contributed by atoms with E-state index in [0.29, 0.717) is 30.9 Å². The zero-order chi connectivity index (χ0) is 18.7. The quantitative estimate of drug-likeness (QED) is 0.817. The van der Waals surface area contributed by atoms with Crippen LogP contribution in [0.25, 0.3) is 0 Å². The minimum atomic E-state index is -0.288. The SMILES string of the molecule is CC(C)[C@H]1CN(C(=O)c2cccs2)CCC(=O)N1Cc1ccc(F)cc1. The molecule has 6 heteroatoms. The standard InChI is InChI=1S/C20H23FN2O2S/c1-14(2)17-13-22(20(25)18-4-3-11-26-18)10-9-19(24)23(17)12-15-5-7-16(21)8-6-15/h3-8,11,14,17H,9-10,12-13H2,1-2H3/t17-/m1/s1. The van der Waals surface area contributed by atoms with Gasteiger partial charge in [0.1, 0.15) is 5.82 Å². The number of hydrogen-bond acceptors (Lipinski definition) is 3. The minimum absolute atomic E-state index is 0.0120. The van der Waals surface area contributed by atoms with E-state index in [-0.39, 0.29) is 29.6 Å². The lowest BCUT2D eigenvalue weighted by Gasteiger charge is -2.34. The van der Waals surface area contributed by atoms with E-state index in [9.17, 15) is 14.0 Å². The first kappa shape index (κ1) is 18.6. The van der Waals surface area contributed by atoms with E-state index in [1.165, 1.54) is 23.5 Å². The maximum atomic E-state index is 13.2. The number of benzene rings is 1. The highest BCUT2D eigenvalue weighted by atomic mass is 32.1. The highest BCUT2D eigenvalue weighted by Gasteiger charge is 2.33. The molecule has 2 amide bonds. The number of rotatable bonds is 4. The molecule has 1 fully saturated rings. The molecule has 138 valence electrons. The fourth-order valence-electron chi connectivity index (χ4n) is 3.28. The topological polar surface area (TPSA) is 40.6 Å². The van der Waals surface area contributed by atoms with Gasteiger partial charge in [-0.3, -0.25) is 9.59 Å². The van der Waals surface area contributed by atoms with Crippen LogP contribution in [0.1, 0.15) is 35.5 Å². The van der Waals surface area contributed by atoms with Crippen molar-refractivity contribution in [2.24, 2.45) is 5.92 Å². The normalized spacial score (nSPS) is 18.3. The second-order valence-electron chi connectivity index (χ2n) is 6.94. The molecule has 1 aliphatic heterocycles. The van der Waals surface area contributed by atoms with Crippen LogP contribution in [-0.2, 0) is 11.3 Å². The molecule has 1 aliphatic rings. The second-order valence-corrected chi connectivity index (χ2v) is 7.89. The number of carbonyl (C=O) groups excluding carboxylic acids is 2. The summed E-state index contributed by atoms with van der Waals surface area (Å²) in [6, 6.07) is 9.85. The van der Waals surface area contributed by atoms with Crippen molar-refractivity contribution in [3.05, 3.63) is 58.0 Å². The van der Waals surface area contributed by atoms with E-state index in [1.807, 2.05) is 22.4 Å². The second kappa shape index (κ2) is 7.99. The van der Waals surface area contributed by atoms with Gasteiger partial charge in [-0.2, -0.15) is 0 Å². The van der Waals surface area contributed by atoms with E-state index in [2.05, 4.69) is 13.8 Å². The predicted molar refractivity (Wildman–Crippen MR) is 100 cm³/mol. The summed E-state index contributed by atoms with van der Waals surface area (Å²) in [5.41, 5.74) is 0.892. The first-order valence-electron chi connectivity index (χ1n) is 8.82. The predicted octanol–water partition coefficient (Wildman–Crippen LogP) is 3.79. The van der Waals surface area contributed by atoms with Gasteiger partial charge in [0, 0.05) is 26.1 Å². The third-order valence-corrected chi connectivity index (χ3v) is 5.64. The van der Waals surface area contributed by atoms with Crippen LogP contribution < -0.4 is 0 Å². The fraction of sp³-hybridized carbons (Fsp3) is 0.400. The molecule has 3 rings (SSSR count). The maximum absolute atomic E-state index is 13.2. The highest BCUT2D eigenvalue weighted by molar-refractivity contribution is 7.12. The number of amides is 2. The van der Waals surface area contributed by atoms with Crippen LogP contribution in [0.4, 0.5) is 4.39 Å². The van der Waals surface area contributed by atoms with Gasteiger partial charge in [0.25, 0.3) is 5.91 Å². The van der Waals surface area contributed by atoms with Crippen LogP contribution in [-0.4, -0.2) is 40.7 Å². The largest absolute Gasteiger partial charge is 0.335 e. The van der Waals surface area contributed by atoms with Crippen molar-refractivity contribution < 1.29 is 14.0 Å². The summed E-state index contributed by atoms with van der Waals surface area (Å²) in [4.78, 5) is 29.9. The van der Waals surface area contributed by atoms with Gasteiger partial charge >= 0.3 is 0 Å². The minimum Gasteiger partial charge on any atom is -0.335 e. The van der Waals surface area contributed by atoms with Crippen LogP contribution in [0.2, 0.25) is 0 Å². The van der Waals surface area contributed by atoms with E-state index in [4.69, 9.17) is 0 Å². The van der Waals surface area contributed by atoms with Crippen LogP contribution in [0, 0.1) is 11.7 Å². The molecule has 1 saturated heterocycles. The van der Waals surface area contributed by atoms with E-state index in [1.54, 1.807) is 17.0 Å². The van der Waals surface area contributed by atoms with Gasteiger partial charge in [-0.25, -0.2) is 4.39 Å². The number of carbonyl (C=O) groups is 2. The van der Waals surface area contributed by atoms with Crippen molar-refractivity contribution in [1.29, 1.82) is 0 Å². The lowest BCUT2D eigenvalue weighted by Crippen LogP contribution is -2.47. The Morgan fingerprint density at radius 3 is 2.62 bits per heavy atom. The van der Waals surface area contributed by atoms with Gasteiger partial charge in [-0.15, -0.1) is 11.3 Å². The van der Waals surface area contributed by atoms with E-state index >= 15 is 0 Å². The Hall–Kier alpha value is -2.21. The zero-order valence-electron chi connectivity index (χ0n) is 15.0. The van der Waals surface area contributed by atoms with Gasteiger partial charge in [-0.1, -0.05) is 32.0 Å². The molecule has 0 N–H and O–H groups in total. The number of thiophene rings is 1. The zero-order valence-corrected chi connectivity index (χ0v) is 15.8. The number of halogens is 1. The Bertz CT molecular complexity index is 759. The van der Waals surface area contributed by atoms with Gasteiger partial charge in [-0.05, 0) is 35.1 Å². The Kier molecular flexibility index (Phi) is 5.71. The van der Waals surface area contributed by atoms with Crippen molar-refractivity contribution >= 4 is 23.2 Å². The van der Waals surface area contributed by atoms with Gasteiger partial charge in [0.15, 0.2) is 0 Å². The van der Waals surface area contributed by atoms with Crippen LogP contribution in [0.3, 0.4) is 0 Å². The molecule has 1 atom stereocenters. The summed E-state index contributed by atoms with van der Waals surface area (Å²) in [7, 11) is 0. The van der Waals surface area contributed by atoms with Crippen molar-refractivity contribution in [2.45, 2.75) is 32.9 Å². The molecule has 0 saturated carbocycles. The van der Waals surface area contributed by atoms with Crippen molar-refractivity contribution in [3.8, 4) is 0 Å². The molecule has 0 bridgehead atoms. The van der Waals surface area contributed by atoms with Crippen molar-refractivity contribution in [1.82, 2.24) is 9.80 Å². The smallest absolute Gasteiger partial charge is 0.264 e. The van der Waals surface area contributed by atoms with Crippen LogP contribution in [0.15, 0.2) is 41.8 Å². The molecule has 0 aliphatic carbocycles. The summed E-state index contributed by atoms with van der Waals surface area (Å²) in [6.07, 6.45) is 0.307. The lowest BCUT2D eigenvalue weighted by molar-refractivity contribution is -0.134. The van der Waals surface area contributed by atoms with Crippen LogP contribution >= 0.6 is 11.3 Å². The maximum Gasteiger partial charge on any atom is 0.264 e. The Labute approximate surface area is 157 Å². The average Bonchev–Trinajstić information content (AvgIpc) is 3.10. The molecular formula is C20H23FN2O2S. The van der Waals surface area contributed by atoms with E-state index < -0.39 is 0 Å². The lowest BCUT2D eigenvalue weighted by atomic mass is 10.0. The van der Waals surface area contributed by atoms with Crippen molar-refractivity contribution in [3.63, 3.8) is 0 Å². The summed E-state index contributed by atoms with van der Waals surface area (Å²) in [5, 5.41) is 1.89. The molecule has 0 spiro atoms.